The number of halogens is 2. The molecular formula is C20H20ClFN2O3. The molecule has 142 valence electrons. The first-order chi connectivity index (χ1) is 12.9. The predicted molar refractivity (Wildman–Crippen MR) is 99.5 cm³/mol. The van der Waals surface area contributed by atoms with Crippen LogP contribution in [0.4, 0.5) is 4.39 Å². The van der Waals surface area contributed by atoms with Crippen LogP contribution in [0, 0.1) is 5.82 Å². The maximum absolute atomic E-state index is 13.4. The number of amides is 2. The van der Waals surface area contributed by atoms with E-state index in [-0.39, 0.29) is 18.0 Å². The minimum Gasteiger partial charge on any atom is -0.372 e. The fraction of sp³-hybridized carbons (Fsp3) is 0.300. The summed E-state index contributed by atoms with van der Waals surface area (Å²) in [6.07, 6.45) is 0.669. The van der Waals surface area contributed by atoms with E-state index in [0.29, 0.717) is 25.1 Å². The van der Waals surface area contributed by atoms with Crippen molar-refractivity contribution in [3.63, 3.8) is 0 Å². The van der Waals surface area contributed by atoms with Crippen LogP contribution in [0.15, 0.2) is 48.5 Å². The second kappa shape index (κ2) is 8.06. The van der Waals surface area contributed by atoms with Crippen LogP contribution in [0.2, 0.25) is 5.02 Å². The first-order valence-corrected chi connectivity index (χ1v) is 9.05. The number of carbonyl (C=O) groups is 2. The van der Waals surface area contributed by atoms with Crippen molar-refractivity contribution >= 4 is 23.4 Å². The molecule has 2 N–H and O–H groups in total. The molecule has 2 aromatic rings. The first kappa shape index (κ1) is 19.3. The number of likely N-dealkylation sites (tertiary alicyclic amines) is 1. The van der Waals surface area contributed by atoms with Crippen LogP contribution >= 0.6 is 11.6 Å². The van der Waals surface area contributed by atoms with Gasteiger partial charge in [-0.15, -0.1) is 0 Å². The third-order valence-electron chi connectivity index (χ3n) is 4.65. The van der Waals surface area contributed by atoms with Gasteiger partial charge in [-0.25, -0.2) is 4.39 Å². The number of rotatable bonds is 6. The van der Waals surface area contributed by atoms with Crippen molar-refractivity contribution in [3.05, 3.63) is 70.5 Å². The maximum Gasteiger partial charge on any atom is 0.264 e. The van der Waals surface area contributed by atoms with E-state index >= 15 is 0 Å². The second-order valence-corrected chi connectivity index (χ2v) is 7.03. The molecule has 0 spiro atoms. The highest BCUT2D eigenvalue weighted by Crippen LogP contribution is 2.24. The molecule has 2 aromatic carbocycles. The number of hydrogen-bond acceptors (Lipinski definition) is 3. The largest absolute Gasteiger partial charge is 0.372 e. The number of hydrogen-bond donors (Lipinski definition) is 2. The van der Waals surface area contributed by atoms with E-state index in [9.17, 15) is 19.1 Å². The monoisotopic (exact) mass is 390 g/mol. The van der Waals surface area contributed by atoms with Crippen molar-refractivity contribution in [2.45, 2.75) is 25.0 Å². The molecule has 3 rings (SSSR count). The molecule has 7 heteroatoms. The summed E-state index contributed by atoms with van der Waals surface area (Å²) in [5.41, 5.74) is -0.565. The molecule has 0 bridgehead atoms. The molecule has 1 aliphatic heterocycles. The Morgan fingerprint density at radius 2 is 1.96 bits per heavy atom. The van der Waals surface area contributed by atoms with Gasteiger partial charge in [-0.2, -0.15) is 0 Å². The number of nitrogens with zero attached hydrogens (tertiary/aromatic N) is 1. The summed E-state index contributed by atoms with van der Waals surface area (Å²) in [5, 5.41) is 13.3. The summed E-state index contributed by atoms with van der Waals surface area (Å²) in [6.45, 7) is 0.704. The Kier molecular flexibility index (Phi) is 5.77. The van der Waals surface area contributed by atoms with Crippen molar-refractivity contribution in [2.75, 3.05) is 13.1 Å². The van der Waals surface area contributed by atoms with E-state index in [1.165, 1.54) is 17.0 Å². The quantitative estimate of drug-likeness (QED) is 0.744. The lowest BCUT2D eigenvalue weighted by atomic mass is 10.0. The molecular weight excluding hydrogens is 371 g/mol. The average Bonchev–Trinajstić information content (AvgIpc) is 2.94. The summed E-state index contributed by atoms with van der Waals surface area (Å²) in [5.74, 6) is -1.90. The maximum atomic E-state index is 13.4. The lowest BCUT2D eigenvalue weighted by Crippen LogP contribution is -2.52. The summed E-state index contributed by atoms with van der Waals surface area (Å²) in [6, 6.07) is 13.6. The minimum atomic E-state index is -2.09. The van der Waals surface area contributed by atoms with Crippen molar-refractivity contribution in [2.24, 2.45) is 0 Å². The lowest BCUT2D eigenvalue weighted by molar-refractivity contribution is -0.154. The van der Waals surface area contributed by atoms with Crippen molar-refractivity contribution < 1.29 is 19.1 Å². The summed E-state index contributed by atoms with van der Waals surface area (Å²) >= 11 is 5.78. The van der Waals surface area contributed by atoms with Gasteiger partial charge >= 0.3 is 0 Å². The third kappa shape index (κ3) is 4.46. The fourth-order valence-corrected chi connectivity index (χ4v) is 3.39. The molecule has 0 radical (unpaired) electrons. The molecule has 1 aliphatic rings. The van der Waals surface area contributed by atoms with Crippen LogP contribution in [0.25, 0.3) is 0 Å². The van der Waals surface area contributed by atoms with E-state index < -0.39 is 23.2 Å². The number of carbonyl (C=O) groups excluding carboxylic acids is 2. The molecule has 5 nitrogen and oxygen atoms in total. The normalized spacial score (nSPS) is 19.4. The Morgan fingerprint density at radius 3 is 2.67 bits per heavy atom. The van der Waals surface area contributed by atoms with Gasteiger partial charge in [0, 0.05) is 31.1 Å². The van der Waals surface area contributed by atoms with Gasteiger partial charge in [0.25, 0.3) is 11.8 Å². The molecule has 1 fully saturated rings. The number of nitrogens with one attached hydrogen (secondary N) is 1. The summed E-state index contributed by atoms with van der Waals surface area (Å²) in [7, 11) is 0. The van der Waals surface area contributed by atoms with E-state index in [1.807, 2.05) is 30.3 Å². The van der Waals surface area contributed by atoms with Crippen LogP contribution in [0.3, 0.4) is 0 Å². The molecule has 27 heavy (non-hydrogen) atoms. The lowest BCUT2D eigenvalue weighted by Gasteiger charge is -2.21. The topological polar surface area (TPSA) is 69.6 Å². The highest BCUT2D eigenvalue weighted by molar-refractivity contribution is 6.30. The van der Waals surface area contributed by atoms with Gasteiger partial charge in [-0.05, 0) is 35.7 Å². The van der Waals surface area contributed by atoms with Gasteiger partial charge in [-0.3, -0.25) is 9.59 Å². The van der Waals surface area contributed by atoms with Crippen LogP contribution in [0.1, 0.15) is 17.5 Å². The van der Waals surface area contributed by atoms with Crippen molar-refractivity contribution in [1.29, 1.82) is 0 Å². The molecule has 0 saturated carbocycles. The zero-order valence-electron chi connectivity index (χ0n) is 14.6. The standard InChI is InChI=1S/C20H20ClFN2O3/c21-16-10-15(11-17(22)12-16)13-23-18(25)20(27)7-9-24(19(20)26)8-6-14-4-2-1-3-5-14/h1-5,10-12,27H,6-9,13H2,(H,23,25)/t20-/m0/s1. The summed E-state index contributed by atoms with van der Waals surface area (Å²) in [4.78, 5) is 26.4. The van der Waals surface area contributed by atoms with Gasteiger partial charge in [0.05, 0.1) is 0 Å². The smallest absolute Gasteiger partial charge is 0.264 e. The van der Waals surface area contributed by atoms with Gasteiger partial charge in [0.15, 0.2) is 0 Å². The van der Waals surface area contributed by atoms with E-state index in [1.54, 1.807) is 0 Å². The molecule has 1 saturated heterocycles. The van der Waals surface area contributed by atoms with Crippen LogP contribution < -0.4 is 5.32 Å². The molecule has 0 unspecified atom stereocenters. The van der Waals surface area contributed by atoms with Crippen LogP contribution in [0.5, 0.6) is 0 Å². The Labute approximate surface area is 161 Å². The van der Waals surface area contributed by atoms with Gasteiger partial charge in [0.1, 0.15) is 5.82 Å². The highest BCUT2D eigenvalue weighted by Gasteiger charge is 2.50. The van der Waals surface area contributed by atoms with Gasteiger partial charge in [-0.1, -0.05) is 41.9 Å². The average molecular weight is 391 g/mol. The Morgan fingerprint density at radius 1 is 1.22 bits per heavy atom. The Bertz CT molecular complexity index is 826. The van der Waals surface area contributed by atoms with E-state index in [4.69, 9.17) is 11.6 Å². The number of benzene rings is 2. The molecule has 1 heterocycles. The zero-order chi connectivity index (χ0) is 19.4. The second-order valence-electron chi connectivity index (χ2n) is 6.60. The summed E-state index contributed by atoms with van der Waals surface area (Å²) < 4.78 is 13.4. The molecule has 2 amide bonds. The third-order valence-corrected chi connectivity index (χ3v) is 4.87. The fourth-order valence-electron chi connectivity index (χ4n) is 3.14. The SMILES string of the molecule is O=C(NCc1cc(F)cc(Cl)c1)[C@@]1(O)CCN(CCc2ccccc2)C1=O. The van der Waals surface area contributed by atoms with E-state index in [0.717, 1.165) is 11.6 Å². The van der Waals surface area contributed by atoms with Crippen molar-refractivity contribution in [1.82, 2.24) is 10.2 Å². The van der Waals surface area contributed by atoms with Gasteiger partial charge in [0.2, 0.25) is 5.60 Å². The molecule has 1 atom stereocenters. The Hall–Kier alpha value is -2.44. The first-order valence-electron chi connectivity index (χ1n) is 8.67. The van der Waals surface area contributed by atoms with Crippen LogP contribution in [-0.4, -0.2) is 40.5 Å². The molecule has 0 aliphatic carbocycles. The van der Waals surface area contributed by atoms with Crippen LogP contribution in [-0.2, 0) is 22.6 Å². The Balaban J connectivity index is 1.58. The zero-order valence-corrected chi connectivity index (χ0v) is 15.4. The number of aliphatic hydroxyl groups is 1. The molecule has 0 aromatic heterocycles. The highest BCUT2D eigenvalue weighted by atomic mass is 35.5. The van der Waals surface area contributed by atoms with E-state index in [2.05, 4.69) is 5.32 Å². The van der Waals surface area contributed by atoms with Gasteiger partial charge < -0.3 is 15.3 Å². The minimum absolute atomic E-state index is 0.0242. The van der Waals surface area contributed by atoms with Crippen molar-refractivity contribution in [3.8, 4) is 0 Å². The predicted octanol–water partition coefficient (Wildman–Crippen LogP) is 2.30.